The first kappa shape index (κ1) is 10.3. The molecule has 12 heavy (non-hydrogen) atoms. The van der Waals surface area contributed by atoms with E-state index in [1.54, 1.807) is 0 Å². The highest BCUT2D eigenvalue weighted by atomic mass is 28.3. The summed E-state index contributed by atoms with van der Waals surface area (Å²) < 4.78 is 0. The molecule has 0 aromatic carbocycles. The van der Waals surface area contributed by atoms with E-state index in [4.69, 9.17) is 0 Å². The van der Waals surface area contributed by atoms with Crippen molar-refractivity contribution in [3.63, 3.8) is 0 Å². The minimum Gasteiger partial charge on any atom is -0.393 e. The lowest BCUT2D eigenvalue weighted by Gasteiger charge is -2.40. The Morgan fingerprint density at radius 3 is 1.92 bits per heavy atom. The van der Waals surface area contributed by atoms with Crippen LogP contribution in [-0.4, -0.2) is 18.4 Å². The van der Waals surface area contributed by atoms with Gasteiger partial charge in [0.2, 0.25) is 0 Å². The van der Waals surface area contributed by atoms with Gasteiger partial charge in [-0.3, -0.25) is 0 Å². The van der Waals surface area contributed by atoms with Crippen LogP contribution in [0.1, 0.15) is 32.6 Å². The summed E-state index contributed by atoms with van der Waals surface area (Å²) in [6.45, 7) is 8.87. The summed E-state index contributed by atoms with van der Waals surface area (Å²) in [4.78, 5) is 0. The molecule has 1 N–H and O–H groups in total. The van der Waals surface area contributed by atoms with Gasteiger partial charge in [-0.05, 0) is 25.7 Å². The molecule has 0 saturated heterocycles. The molecule has 0 aliphatic heterocycles. The van der Waals surface area contributed by atoms with Crippen LogP contribution in [0, 0.1) is 5.92 Å². The maximum absolute atomic E-state index is 10.4. The van der Waals surface area contributed by atoms with Crippen LogP contribution in [0.15, 0.2) is 0 Å². The Morgan fingerprint density at radius 2 is 1.58 bits per heavy atom. The summed E-state index contributed by atoms with van der Waals surface area (Å²) in [5, 5.41) is 10.1. The van der Waals surface area contributed by atoms with Gasteiger partial charge >= 0.3 is 0 Å². The Morgan fingerprint density at radius 1 is 1.17 bits per heavy atom. The van der Waals surface area contributed by atoms with Crippen molar-refractivity contribution >= 4 is 8.07 Å². The van der Waals surface area contributed by atoms with Crippen molar-refractivity contribution in [1.29, 1.82) is 0 Å². The second-order valence-electron chi connectivity index (χ2n) is 5.38. The zero-order valence-electron chi connectivity index (χ0n) is 8.85. The third kappa shape index (κ3) is 1.74. The van der Waals surface area contributed by atoms with Crippen molar-refractivity contribution in [2.75, 3.05) is 0 Å². The first-order valence-corrected chi connectivity index (χ1v) is 8.58. The van der Waals surface area contributed by atoms with E-state index in [1.165, 1.54) is 25.7 Å². The predicted molar refractivity (Wildman–Crippen MR) is 55.9 cm³/mol. The SMILES string of the molecule is CC(O)(C1CCCC1)[Si](C)(C)C. The number of aliphatic hydroxyl groups is 1. The fourth-order valence-corrected chi connectivity index (χ4v) is 3.61. The molecule has 0 spiro atoms. The molecule has 1 atom stereocenters. The van der Waals surface area contributed by atoms with Gasteiger partial charge < -0.3 is 5.11 Å². The van der Waals surface area contributed by atoms with Crippen molar-refractivity contribution in [1.82, 2.24) is 0 Å². The van der Waals surface area contributed by atoms with Crippen molar-refractivity contribution < 1.29 is 5.11 Å². The average molecular weight is 186 g/mol. The van der Waals surface area contributed by atoms with Crippen LogP contribution < -0.4 is 0 Å². The van der Waals surface area contributed by atoms with Crippen LogP contribution in [0.25, 0.3) is 0 Å². The summed E-state index contributed by atoms with van der Waals surface area (Å²) in [7, 11) is -1.39. The van der Waals surface area contributed by atoms with Crippen LogP contribution in [0.5, 0.6) is 0 Å². The van der Waals surface area contributed by atoms with Crippen LogP contribution in [0.3, 0.4) is 0 Å². The van der Waals surface area contributed by atoms with E-state index in [0.717, 1.165) is 0 Å². The van der Waals surface area contributed by atoms with Gasteiger partial charge in [-0.1, -0.05) is 32.5 Å². The minimum absolute atomic E-state index is 0.344. The molecule has 0 aromatic heterocycles. The topological polar surface area (TPSA) is 20.2 Å². The maximum Gasteiger partial charge on any atom is 0.0820 e. The summed E-state index contributed by atoms with van der Waals surface area (Å²) in [5.41, 5.74) is 0. The lowest BCUT2D eigenvalue weighted by molar-refractivity contribution is 0.0719. The smallest absolute Gasteiger partial charge is 0.0820 e. The lowest BCUT2D eigenvalue weighted by atomic mass is 10.0. The van der Waals surface area contributed by atoms with E-state index < -0.39 is 8.07 Å². The Labute approximate surface area is 77.2 Å². The van der Waals surface area contributed by atoms with Gasteiger partial charge in [-0.25, -0.2) is 0 Å². The second kappa shape index (κ2) is 3.15. The maximum atomic E-state index is 10.4. The van der Waals surface area contributed by atoms with E-state index in [-0.39, 0.29) is 5.22 Å². The van der Waals surface area contributed by atoms with E-state index in [1.807, 2.05) is 0 Å². The molecule has 0 aromatic rings. The molecule has 1 unspecified atom stereocenters. The molecule has 1 nitrogen and oxygen atoms in total. The van der Waals surface area contributed by atoms with Gasteiger partial charge in [0, 0.05) is 0 Å². The van der Waals surface area contributed by atoms with Crippen molar-refractivity contribution in [2.45, 2.75) is 57.5 Å². The quantitative estimate of drug-likeness (QED) is 0.658. The molecule has 0 amide bonds. The van der Waals surface area contributed by atoms with Gasteiger partial charge in [-0.2, -0.15) is 0 Å². The standard InChI is InChI=1S/C10H22OSi/c1-10(11,12(2,3)4)9-7-5-6-8-9/h9,11H,5-8H2,1-4H3. The first-order valence-electron chi connectivity index (χ1n) is 5.08. The zero-order valence-corrected chi connectivity index (χ0v) is 9.85. The monoisotopic (exact) mass is 186 g/mol. The summed E-state index contributed by atoms with van der Waals surface area (Å²) in [6, 6.07) is 0. The highest BCUT2D eigenvalue weighted by Gasteiger charge is 2.44. The molecule has 1 rings (SSSR count). The normalized spacial score (nSPS) is 25.8. The van der Waals surface area contributed by atoms with Gasteiger partial charge in [0.15, 0.2) is 0 Å². The van der Waals surface area contributed by atoms with Crippen molar-refractivity contribution in [2.24, 2.45) is 5.92 Å². The largest absolute Gasteiger partial charge is 0.393 e. The third-order valence-electron chi connectivity index (χ3n) is 3.67. The Hall–Kier alpha value is 0.177. The van der Waals surface area contributed by atoms with Crippen LogP contribution in [0.2, 0.25) is 19.6 Å². The van der Waals surface area contributed by atoms with E-state index in [0.29, 0.717) is 5.92 Å². The first-order chi connectivity index (χ1) is 5.36. The Kier molecular flexibility index (Phi) is 2.69. The van der Waals surface area contributed by atoms with Crippen LogP contribution in [-0.2, 0) is 0 Å². The van der Waals surface area contributed by atoms with Gasteiger partial charge in [-0.15, -0.1) is 0 Å². The van der Waals surface area contributed by atoms with Gasteiger partial charge in [0.05, 0.1) is 13.3 Å². The van der Waals surface area contributed by atoms with Crippen LogP contribution >= 0.6 is 0 Å². The zero-order chi connectivity index (χ0) is 9.41. The fourth-order valence-electron chi connectivity index (χ4n) is 2.10. The number of hydrogen-bond donors (Lipinski definition) is 1. The molecule has 0 radical (unpaired) electrons. The Bertz CT molecular complexity index is 152. The van der Waals surface area contributed by atoms with E-state index in [2.05, 4.69) is 26.6 Å². The average Bonchev–Trinajstić information content (AvgIpc) is 2.34. The van der Waals surface area contributed by atoms with E-state index >= 15 is 0 Å². The number of rotatable bonds is 2. The van der Waals surface area contributed by atoms with Crippen LogP contribution in [0.4, 0.5) is 0 Å². The molecule has 0 heterocycles. The molecule has 0 bridgehead atoms. The molecular weight excluding hydrogens is 164 g/mol. The van der Waals surface area contributed by atoms with Crippen molar-refractivity contribution in [3.05, 3.63) is 0 Å². The Balaban J connectivity index is 2.69. The third-order valence-corrected chi connectivity index (χ3v) is 7.11. The highest BCUT2D eigenvalue weighted by molar-refractivity contribution is 6.78. The summed E-state index contributed by atoms with van der Waals surface area (Å²) >= 11 is 0. The second-order valence-corrected chi connectivity index (χ2v) is 10.9. The molecular formula is C10H22OSi. The van der Waals surface area contributed by atoms with Gasteiger partial charge in [0.25, 0.3) is 0 Å². The molecule has 1 aliphatic rings. The highest BCUT2D eigenvalue weighted by Crippen LogP contribution is 2.38. The molecule has 72 valence electrons. The molecule has 1 saturated carbocycles. The van der Waals surface area contributed by atoms with E-state index in [9.17, 15) is 5.11 Å². The molecule has 1 aliphatic carbocycles. The summed E-state index contributed by atoms with van der Waals surface area (Å²) in [6.07, 6.45) is 5.14. The lowest BCUT2D eigenvalue weighted by Crippen LogP contribution is -2.54. The summed E-state index contributed by atoms with van der Waals surface area (Å²) in [5.74, 6) is 0.587. The molecule has 2 heteroatoms. The van der Waals surface area contributed by atoms with Crippen molar-refractivity contribution in [3.8, 4) is 0 Å². The molecule has 1 fully saturated rings. The minimum atomic E-state index is -1.39. The number of hydrogen-bond acceptors (Lipinski definition) is 1. The fraction of sp³-hybridized carbons (Fsp3) is 1.00. The van der Waals surface area contributed by atoms with Gasteiger partial charge in [0.1, 0.15) is 0 Å². The predicted octanol–water partition coefficient (Wildman–Crippen LogP) is 2.81.